The Balaban J connectivity index is 1.09. The number of aliphatic carboxylic acids is 2. The lowest BCUT2D eigenvalue weighted by Gasteiger charge is -2.33. The van der Waals surface area contributed by atoms with Gasteiger partial charge >= 0.3 is 18.0 Å². The van der Waals surface area contributed by atoms with E-state index in [1.807, 2.05) is 64.1 Å². The maximum Gasteiger partial charge on any atom is 0.321 e. The van der Waals surface area contributed by atoms with E-state index in [2.05, 4.69) is 47.1 Å². The van der Waals surface area contributed by atoms with E-state index in [0.29, 0.717) is 103 Å². The molecule has 3 aromatic carbocycles. The van der Waals surface area contributed by atoms with E-state index in [1.165, 1.54) is 0 Å². The number of anilines is 1. The molecule has 25 nitrogen and oxygen atoms in total. The number of fused-ring (bicyclic) bond motifs is 1. The lowest BCUT2D eigenvalue weighted by molar-refractivity contribution is -0.140. The minimum Gasteiger partial charge on any atom is -0.508 e. The molecule has 83 heavy (non-hydrogen) atoms. The summed E-state index contributed by atoms with van der Waals surface area (Å²) >= 11 is 0. The molecule has 0 radical (unpaired) electrons. The quantitative estimate of drug-likeness (QED) is 0.0250. The number of guanidine groups is 1. The summed E-state index contributed by atoms with van der Waals surface area (Å²) in [5, 5.41) is 48.0. The van der Waals surface area contributed by atoms with Crippen LogP contribution in [0.25, 0.3) is 0 Å². The number of likely N-dealkylation sites (N-methyl/N-ethyl adjacent to an activating group) is 1. The first-order valence-corrected chi connectivity index (χ1v) is 28.1. The topological polar surface area (TPSA) is 328 Å². The Labute approximate surface area is 482 Å². The van der Waals surface area contributed by atoms with Crippen molar-refractivity contribution in [3.8, 4) is 5.75 Å². The Morgan fingerprint density at radius 1 is 0.687 bits per heavy atom. The highest BCUT2D eigenvalue weighted by Gasteiger charge is 2.35. The van der Waals surface area contributed by atoms with Crippen molar-refractivity contribution in [2.75, 3.05) is 130 Å². The van der Waals surface area contributed by atoms with E-state index < -0.39 is 71.4 Å². The number of aromatic hydroxyl groups is 1. The molecular formula is C56H82F2N14O11. The molecule has 2 atom stereocenters. The summed E-state index contributed by atoms with van der Waals surface area (Å²) in [6.07, 6.45) is 0.885. The molecule has 1 fully saturated rings. The number of carboxylic acids is 2. The number of urea groups is 1. The molecule has 1 saturated heterocycles. The average molecular weight is 1170 g/mol. The lowest BCUT2D eigenvalue weighted by Crippen LogP contribution is -2.50. The monoisotopic (exact) mass is 1160 g/mol. The van der Waals surface area contributed by atoms with Crippen molar-refractivity contribution in [3.63, 3.8) is 0 Å². The fourth-order valence-electron chi connectivity index (χ4n) is 9.50. The van der Waals surface area contributed by atoms with Crippen LogP contribution in [0.4, 0.5) is 19.3 Å². The molecule has 3 aromatic rings. The third-order valence-corrected chi connectivity index (χ3v) is 13.9. The fourth-order valence-corrected chi connectivity index (χ4v) is 9.50. The van der Waals surface area contributed by atoms with Gasteiger partial charge in [0.1, 0.15) is 29.5 Å². The number of carboxylic acid groups (broad SMARTS) is 2. The zero-order valence-corrected chi connectivity index (χ0v) is 47.4. The van der Waals surface area contributed by atoms with Gasteiger partial charge in [-0.05, 0) is 61.6 Å². The van der Waals surface area contributed by atoms with Crippen molar-refractivity contribution in [1.29, 1.82) is 0 Å². The van der Waals surface area contributed by atoms with E-state index >= 15 is 0 Å². The molecule has 456 valence electrons. The van der Waals surface area contributed by atoms with Gasteiger partial charge in [-0.2, -0.15) is 0 Å². The molecule has 5 rings (SSSR count). The number of nitrogens with zero attached hydrogens (tertiary/aromatic N) is 6. The molecular weight excluding hydrogens is 1080 g/mol. The Hall–Kier alpha value is -7.56. The molecule has 2 aliphatic rings. The largest absolute Gasteiger partial charge is 0.508 e. The second-order valence-electron chi connectivity index (χ2n) is 20.2. The van der Waals surface area contributed by atoms with E-state index in [4.69, 9.17) is 10.5 Å². The fraction of sp³-hybridized carbons (Fsp3) is 0.536. The van der Waals surface area contributed by atoms with Crippen LogP contribution >= 0.6 is 0 Å². The summed E-state index contributed by atoms with van der Waals surface area (Å²) < 4.78 is 35.0. The zero-order chi connectivity index (χ0) is 60.1. The van der Waals surface area contributed by atoms with Gasteiger partial charge in [0.15, 0.2) is 5.96 Å². The van der Waals surface area contributed by atoms with Gasteiger partial charge in [-0.3, -0.25) is 58.7 Å². The predicted molar refractivity (Wildman–Crippen MR) is 306 cm³/mol. The number of nitrogens with two attached hydrogens (primary N) is 1. The molecule has 0 saturated carbocycles. The van der Waals surface area contributed by atoms with Crippen molar-refractivity contribution >= 4 is 53.2 Å². The summed E-state index contributed by atoms with van der Waals surface area (Å²) in [7, 11) is 0. The number of halogens is 2. The van der Waals surface area contributed by atoms with Crippen LogP contribution in [0.1, 0.15) is 67.8 Å². The van der Waals surface area contributed by atoms with E-state index in [-0.39, 0.29) is 83.0 Å². The number of rotatable bonds is 30. The standard InChI is InChI=1S/C56H82F2N14O11/c1-3-60-56(82)67-55(59)64-16-8-14-47(53(80)65-33-44-45(57)31-43(73)32-46(44)58)66-54(81)52(72-34-40-10-5-6-11-41(40)35-72)39-12-7-13-42(30-39)61-17-9-18-62-48(74)15-28-83-29-19-63-49(75)36-69-22-20-68(4-2)21-23-70(37-50(76)77)26-27-71(25-24-69)38-51(78)79/h5-7,10-13,30-32,47,52,61,73H,3-4,8-9,14-29,33-38H2,1-2H3,(H,62,74)(H,63,75)(H,65,80)(H,66,81)(H,76,77)(H,78,79)(H4,59,60,64,67,82). The minimum atomic E-state index is -1.21. The molecule has 0 bridgehead atoms. The number of carbonyl (C=O) groups excluding carboxylic acids is 5. The summed E-state index contributed by atoms with van der Waals surface area (Å²) in [5.41, 5.74) is 8.75. The Morgan fingerprint density at radius 2 is 1.29 bits per heavy atom. The highest BCUT2D eigenvalue weighted by Crippen LogP contribution is 2.33. The average Bonchev–Trinajstić information content (AvgIpc) is 4.00. The van der Waals surface area contributed by atoms with Crippen LogP contribution in [-0.2, 0) is 53.1 Å². The molecule has 2 aliphatic heterocycles. The van der Waals surface area contributed by atoms with Gasteiger partial charge in [0.2, 0.25) is 23.6 Å². The van der Waals surface area contributed by atoms with Gasteiger partial charge in [-0.1, -0.05) is 43.3 Å². The van der Waals surface area contributed by atoms with Crippen molar-refractivity contribution in [1.82, 2.24) is 56.4 Å². The maximum absolute atomic E-state index is 14.7. The lowest BCUT2D eigenvalue weighted by atomic mass is 10.0. The number of benzene rings is 3. The number of carbonyl (C=O) groups is 7. The number of amides is 6. The van der Waals surface area contributed by atoms with E-state index in [9.17, 15) is 57.7 Å². The Kier molecular flexibility index (Phi) is 28.3. The molecule has 6 amide bonds. The van der Waals surface area contributed by atoms with Crippen LogP contribution in [0.2, 0.25) is 0 Å². The molecule has 0 aliphatic carbocycles. The van der Waals surface area contributed by atoms with Crippen LogP contribution in [0.5, 0.6) is 5.75 Å². The molecule has 2 unspecified atom stereocenters. The number of phenolic OH excluding ortho intramolecular Hbond substituents is 1. The molecule has 12 N–H and O–H groups in total. The zero-order valence-electron chi connectivity index (χ0n) is 47.4. The Bertz CT molecular complexity index is 2610. The summed E-state index contributed by atoms with van der Waals surface area (Å²) in [6, 6.07) is 13.9. The second-order valence-corrected chi connectivity index (χ2v) is 20.2. The summed E-state index contributed by atoms with van der Waals surface area (Å²) in [6.45, 7) is 10.3. The first-order chi connectivity index (χ1) is 39.9. The highest BCUT2D eigenvalue weighted by atomic mass is 19.1. The van der Waals surface area contributed by atoms with Gasteiger partial charge in [0.25, 0.3) is 0 Å². The molecule has 0 aromatic heterocycles. The summed E-state index contributed by atoms with van der Waals surface area (Å²) in [4.78, 5) is 103. The van der Waals surface area contributed by atoms with Crippen LogP contribution in [0.3, 0.4) is 0 Å². The minimum absolute atomic E-state index is 0.0237. The van der Waals surface area contributed by atoms with Gasteiger partial charge in [-0.15, -0.1) is 0 Å². The number of nitrogens with one attached hydrogen (secondary N) is 7. The maximum atomic E-state index is 14.7. The van der Waals surface area contributed by atoms with Crippen molar-refractivity contribution in [2.45, 2.75) is 71.2 Å². The third kappa shape index (κ3) is 24.1. The number of aliphatic imine (C=N–C) groups is 1. The van der Waals surface area contributed by atoms with Gasteiger partial charge in [0.05, 0.1) is 32.8 Å². The van der Waals surface area contributed by atoms with Gasteiger partial charge in [-0.25, -0.2) is 13.6 Å². The van der Waals surface area contributed by atoms with Crippen LogP contribution in [-0.4, -0.2) is 218 Å². The number of ether oxygens (including phenoxy) is 1. The predicted octanol–water partition coefficient (Wildman–Crippen LogP) is 0.794. The van der Waals surface area contributed by atoms with E-state index in [0.717, 1.165) is 29.8 Å². The number of hydrogen-bond donors (Lipinski definition) is 11. The van der Waals surface area contributed by atoms with Gasteiger partial charge in [0, 0.05) is 135 Å². The third-order valence-electron chi connectivity index (χ3n) is 13.9. The first-order valence-electron chi connectivity index (χ1n) is 28.1. The van der Waals surface area contributed by atoms with Crippen molar-refractivity contribution in [2.24, 2.45) is 10.7 Å². The number of hydrogen-bond acceptors (Lipinski definition) is 16. The second kappa shape index (κ2) is 35.4. The van der Waals surface area contributed by atoms with Crippen LogP contribution in [0, 0.1) is 11.6 Å². The smallest absolute Gasteiger partial charge is 0.321 e. The van der Waals surface area contributed by atoms with Crippen molar-refractivity contribution in [3.05, 3.63) is 94.6 Å². The highest BCUT2D eigenvalue weighted by molar-refractivity contribution is 5.95. The van der Waals surface area contributed by atoms with Crippen LogP contribution in [0.15, 0.2) is 65.7 Å². The first kappa shape index (κ1) is 66.2. The van der Waals surface area contributed by atoms with Gasteiger partial charge < -0.3 is 62.6 Å². The summed E-state index contributed by atoms with van der Waals surface area (Å²) in [5.74, 6) is -6.51. The molecule has 27 heteroatoms. The number of phenols is 1. The van der Waals surface area contributed by atoms with Crippen LogP contribution < -0.4 is 43.0 Å². The normalized spacial score (nSPS) is 15.8. The molecule has 0 spiro atoms. The Morgan fingerprint density at radius 3 is 1.89 bits per heavy atom. The van der Waals surface area contributed by atoms with Crippen molar-refractivity contribution < 1.29 is 62.4 Å². The van der Waals surface area contributed by atoms with E-state index in [1.54, 1.807) is 17.9 Å². The molecule has 2 heterocycles. The SMILES string of the molecule is CCNC(=O)NC(N)=NCCCC(NC(=O)C(c1cccc(NCCCNC(=O)CCOCCNC(=O)CN2CCN(CC)CCN(CC(=O)O)CCN(CC(=O)O)CC2)c1)N1Cc2ccccc2C1)C(=O)NCc1c(F)cc(O)cc1F.